The summed E-state index contributed by atoms with van der Waals surface area (Å²) in [6, 6.07) is 9.23. The molecule has 5 heteroatoms. The van der Waals surface area contributed by atoms with Crippen molar-refractivity contribution < 1.29 is 9.90 Å². The van der Waals surface area contributed by atoms with E-state index in [9.17, 15) is 9.90 Å². The number of hydrogen-bond acceptors (Lipinski definition) is 4. The fraction of sp³-hybridized carbons (Fsp3) is 0.467. The van der Waals surface area contributed by atoms with Crippen molar-refractivity contribution in [2.75, 3.05) is 19.6 Å². The van der Waals surface area contributed by atoms with Gasteiger partial charge in [-0.25, -0.2) is 0 Å². The van der Waals surface area contributed by atoms with Crippen molar-refractivity contribution in [1.29, 1.82) is 5.26 Å². The van der Waals surface area contributed by atoms with E-state index in [0.29, 0.717) is 12.1 Å². The average Bonchev–Trinajstić information content (AvgIpc) is 2.85. The van der Waals surface area contributed by atoms with Crippen LogP contribution in [0.1, 0.15) is 30.6 Å². The van der Waals surface area contributed by atoms with Gasteiger partial charge in [0.1, 0.15) is 0 Å². The van der Waals surface area contributed by atoms with Crippen molar-refractivity contribution >= 4 is 5.91 Å². The maximum Gasteiger partial charge on any atom is 0.217 e. The summed E-state index contributed by atoms with van der Waals surface area (Å²) in [5.41, 5.74) is 1.40. The third-order valence-corrected chi connectivity index (χ3v) is 3.54. The Morgan fingerprint density at radius 1 is 1.55 bits per heavy atom. The van der Waals surface area contributed by atoms with E-state index in [-0.39, 0.29) is 11.9 Å². The zero-order valence-electron chi connectivity index (χ0n) is 11.5. The number of β-amino-alcohol motifs (C(OH)–C–C–N with tert-alkyl or cyclic N) is 1. The summed E-state index contributed by atoms with van der Waals surface area (Å²) in [5, 5.41) is 21.8. The van der Waals surface area contributed by atoms with Crippen LogP contribution in [0.5, 0.6) is 0 Å². The first kappa shape index (κ1) is 14.5. The van der Waals surface area contributed by atoms with Gasteiger partial charge in [0.25, 0.3) is 0 Å². The lowest BCUT2D eigenvalue weighted by atomic mass is 10.1. The van der Waals surface area contributed by atoms with Crippen molar-refractivity contribution in [3.8, 4) is 6.07 Å². The Kier molecular flexibility index (Phi) is 4.72. The van der Waals surface area contributed by atoms with Crippen LogP contribution in [0.25, 0.3) is 0 Å². The minimum Gasteiger partial charge on any atom is -0.387 e. The highest BCUT2D eigenvalue weighted by atomic mass is 16.3. The number of benzene rings is 1. The summed E-state index contributed by atoms with van der Waals surface area (Å²) in [5.74, 6) is -0.00973. The number of likely N-dealkylation sites (tertiary alicyclic amines) is 1. The van der Waals surface area contributed by atoms with Gasteiger partial charge in [-0.05, 0) is 24.1 Å². The number of amides is 1. The quantitative estimate of drug-likeness (QED) is 0.851. The highest BCUT2D eigenvalue weighted by molar-refractivity contribution is 5.73. The summed E-state index contributed by atoms with van der Waals surface area (Å²) < 4.78 is 0. The Morgan fingerprint density at radius 2 is 2.25 bits per heavy atom. The number of rotatable bonds is 4. The van der Waals surface area contributed by atoms with E-state index >= 15 is 0 Å². The van der Waals surface area contributed by atoms with Crippen LogP contribution in [-0.4, -0.2) is 41.6 Å². The van der Waals surface area contributed by atoms with Gasteiger partial charge >= 0.3 is 0 Å². The second-order valence-corrected chi connectivity index (χ2v) is 5.20. The molecule has 0 radical (unpaired) electrons. The molecule has 2 rings (SSSR count). The number of aliphatic hydroxyl groups is 1. The molecule has 1 heterocycles. The first-order valence-corrected chi connectivity index (χ1v) is 6.76. The Hall–Kier alpha value is -1.90. The zero-order chi connectivity index (χ0) is 14.5. The van der Waals surface area contributed by atoms with Crippen LogP contribution in [0.2, 0.25) is 0 Å². The molecule has 0 aliphatic carbocycles. The smallest absolute Gasteiger partial charge is 0.217 e. The minimum absolute atomic E-state index is 0.00973. The molecule has 2 unspecified atom stereocenters. The van der Waals surface area contributed by atoms with E-state index in [4.69, 9.17) is 5.26 Å². The molecule has 1 amide bonds. The number of nitriles is 1. The number of carbonyl (C=O) groups is 1. The van der Waals surface area contributed by atoms with Crippen molar-refractivity contribution in [3.63, 3.8) is 0 Å². The molecule has 1 fully saturated rings. The third-order valence-electron chi connectivity index (χ3n) is 3.54. The summed E-state index contributed by atoms with van der Waals surface area (Å²) in [6.45, 7) is 3.71. The van der Waals surface area contributed by atoms with Crippen molar-refractivity contribution in [2.45, 2.75) is 25.5 Å². The van der Waals surface area contributed by atoms with Crippen LogP contribution in [0.3, 0.4) is 0 Å². The summed E-state index contributed by atoms with van der Waals surface area (Å²) in [7, 11) is 0. The standard InChI is InChI=1S/C15H19N3O2/c1-11(19)17-14-6-7-18(9-14)10-15(20)13-4-2-12(8-16)3-5-13/h2-5,14-15,20H,6-7,9-10H2,1H3,(H,17,19). The molecule has 20 heavy (non-hydrogen) atoms. The molecule has 0 saturated carbocycles. The Labute approximate surface area is 118 Å². The molecule has 2 atom stereocenters. The molecule has 1 aliphatic rings. The molecule has 0 aromatic heterocycles. The van der Waals surface area contributed by atoms with E-state index in [1.807, 2.05) is 0 Å². The molecule has 5 nitrogen and oxygen atoms in total. The number of nitrogens with one attached hydrogen (secondary N) is 1. The molecular formula is C15H19N3O2. The lowest BCUT2D eigenvalue weighted by Gasteiger charge is -2.20. The van der Waals surface area contributed by atoms with Gasteiger partial charge in [0.2, 0.25) is 5.91 Å². The van der Waals surface area contributed by atoms with Crippen LogP contribution in [0.4, 0.5) is 0 Å². The van der Waals surface area contributed by atoms with E-state index in [1.165, 1.54) is 6.92 Å². The number of aliphatic hydroxyl groups excluding tert-OH is 1. The van der Waals surface area contributed by atoms with Gasteiger partial charge in [0, 0.05) is 32.6 Å². The second-order valence-electron chi connectivity index (χ2n) is 5.20. The van der Waals surface area contributed by atoms with Crippen molar-refractivity contribution in [3.05, 3.63) is 35.4 Å². The molecule has 0 bridgehead atoms. The van der Waals surface area contributed by atoms with Crippen LogP contribution >= 0.6 is 0 Å². The molecule has 2 N–H and O–H groups in total. The number of nitrogens with zero attached hydrogens (tertiary/aromatic N) is 2. The van der Waals surface area contributed by atoms with Gasteiger partial charge < -0.3 is 10.4 Å². The summed E-state index contributed by atoms with van der Waals surface area (Å²) in [6.07, 6.45) is 0.346. The monoisotopic (exact) mass is 273 g/mol. The highest BCUT2D eigenvalue weighted by Crippen LogP contribution is 2.18. The van der Waals surface area contributed by atoms with E-state index < -0.39 is 6.10 Å². The molecule has 1 aromatic carbocycles. The summed E-state index contributed by atoms with van der Waals surface area (Å²) in [4.78, 5) is 13.1. The molecule has 0 spiro atoms. The Balaban J connectivity index is 1.87. The van der Waals surface area contributed by atoms with Gasteiger partial charge in [-0.15, -0.1) is 0 Å². The van der Waals surface area contributed by atoms with E-state index in [0.717, 1.165) is 25.1 Å². The lowest BCUT2D eigenvalue weighted by Crippen LogP contribution is -2.36. The number of hydrogen-bond donors (Lipinski definition) is 2. The predicted molar refractivity (Wildman–Crippen MR) is 74.8 cm³/mol. The van der Waals surface area contributed by atoms with Crippen molar-refractivity contribution in [1.82, 2.24) is 10.2 Å². The van der Waals surface area contributed by atoms with Gasteiger partial charge in [0.15, 0.2) is 0 Å². The van der Waals surface area contributed by atoms with Crippen LogP contribution in [0, 0.1) is 11.3 Å². The largest absolute Gasteiger partial charge is 0.387 e. The first-order chi connectivity index (χ1) is 9.58. The molecule has 1 saturated heterocycles. The summed E-state index contributed by atoms with van der Waals surface area (Å²) >= 11 is 0. The Bertz CT molecular complexity index is 507. The fourth-order valence-corrected chi connectivity index (χ4v) is 2.53. The second kappa shape index (κ2) is 6.51. The SMILES string of the molecule is CC(=O)NC1CCN(CC(O)c2ccc(C#N)cc2)C1. The van der Waals surface area contributed by atoms with Gasteiger partial charge in [-0.3, -0.25) is 9.69 Å². The maximum absolute atomic E-state index is 11.0. The molecule has 1 aliphatic heterocycles. The predicted octanol–water partition coefficient (Wildman–Crippen LogP) is 0.802. The topological polar surface area (TPSA) is 76.4 Å². The molecule has 1 aromatic rings. The average molecular weight is 273 g/mol. The van der Waals surface area contributed by atoms with E-state index in [2.05, 4.69) is 16.3 Å². The lowest BCUT2D eigenvalue weighted by molar-refractivity contribution is -0.119. The normalized spacial score (nSPS) is 20.4. The van der Waals surface area contributed by atoms with Gasteiger partial charge in [-0.1, -0.05) is 12.1 Å². The molecule has 106 valence electrons. The van der Waals surface area contributed by atoms with E-state index in [1.54, 1.807) is 24.3 Å². The Morgan fingerprint density at radius 3 is 2.85 bits per heavy atom. The first-order valence-electron chi connectivity index (χ1n) is 6.76. The van der Waals surface area contributed by atoms with Crippen LogP contribution in [0.15, 0.2) is 24.3 Å². The minimum atomic E-state index is -0.571. The highest BCUT2D eigenvalue weighted by Gasteiger charge is 2.24. The third kappa shape index (κ3) is 3.80. The maximum atomic E-state index is 11.0. The van der Waals surface area contributed by atoms with Gasteiger partial charge in [-0.2, -0.15) is 5.26 Å². The molecular weight excluding hydrogens is 254 g/mol. The van der Waals surface area contributed by atoms with Gasteiger partial charge in [0.05, 0.1) is 17.7 Å². The van der Waals surface area contributed by atoms with Crippen molar-refractivity contribution in [2.24, 2.45) is 0 Å². The fourth-order valence-electron chi connectivity index (χ4n) is 2.53. The zero-order valence-corrected chi connectivity index (χ0v) is 11.5. The van der Waals surface area contributed by atoms with Crippen LogP contribution < -0.4 is 5.32 Å². The number of carbonyl (C=O) groups excluding carboxylic acids is 1. The van der Waals surface area contributed by atoms with Crippen LogP contribution in [-0.2, 0) is 4.79 Å².